The maximum absolute atomic E-state index is 13.4. The summed E-state index contributed by atoms with van der Waals surface area (Å²) < 4.78 is 13.4. The SMILES string of the molecule is CN1CCC(N2CCC(NC(=O)c3cccc4cc(F)ccc34)C2)CC1. The smallest absolute Gasteiger partial charge is 0.252 e. The van der Waals surface area contributed by atoms with Crippen molar-refractivity contribution in [3.05, 3.63) is 47.8 Å². The van der Waals surface area contributed by atoms with Gasteiger partial charge >= 0.3 is 0 Å². The minimum absolute atomic E-state index is 0.0579. The zero-order valence-electron chi connectivity index (χ0n) is 15.2. The van der Waals surface area contributed by atoms with E-state index in [2.05, 4.69) is 22.2 Å². The Balaban J connectivity index is 1.41. The summed E-state index contributed by atoms with van der Waals surface area (Å²) in [5.41, 5.74) is 0.625. The molecule has 2 aliphatic heterocycles. The van der Waals surface area contributed by atoms with Crippen molar-refractivity contribution in [1.29, 1.82) is 0 Å². The third kappa shape index (κ3) is 3.60. The van der Waals surface area contributed by atoms with Gasteiger partial charge in [0.05, 0.1) is 0 Å². The molecule has 1 amide bonds. The van der Waals surface area contributed by atoms with E-state index in [0.29, 0.717) is 11.6 Å². The number of rotatable bonds is 3. The first-order valence-corrected chi connectivity index (χ1v) is 9.52. The van der Waals surface area contributed by atoms with Gasteiger partial charge in [-0.3, -0.25) is 9.69 Å². The maximum Gasteiger partial charge on any atom is 0.252 e. The summed E-state index contributed by atoms with van der Waals surface area (Å²) in [5, 5.41) is 4.76. The number of hydrogen-bond acceptors (Lipinski definition) is 3. The van der Waals surface area contributed by atoms with Crippen LogP contribution in [0.1, 0.15) is 29.6 Å². The van der Waals surface area contributed by atoms with Gasteiger partial charge in [-0.25, -0.2) is 4.39 Å². The maximum atomic E-state index is 13.4. The first-order valence-electron chi connectivity index (χ1n) is 9.52. The molecule has 5 heteroatoms. The second-order valence-corrected chi connectivity index (χ2v) is 7.66. The van der Waals surface area contributed by atoms with Crippen LogP contribution in [0, 0.1) is 5.82 Å². The number of carbonyl (C=O) groups excluding carboxylic acids is 1. The highest BCUT2D eigenvalue weighted by Gasteiger charge is 2.31. The van der Waals surface area contributed by atoms with Gasteiger partial charge in [0.15, 0.2) is 0 Å². The molecule has 0 aliphatic carbocycles. The lowest BCUT2D eigenvalue weighted by Gasteiger charge is -2.35. The predicted octanol–water partition coefficient (Wildman–Crippen LogP) is 2.88. The topological polar surface area (TPSA) is 35.6 Å². The predicted molar refractivity (Wildman–Crippen MR) is 102 cm³/mol. The van der Waals surface area contributed by atoms with Crippen molar-refractivity contribution in [2.24, 2.45) is 0 Å². The van der Waals surface area contributed by atoms with Crippen LogP contribution in [0.3, 0.4) is 0 Å². The van der Waals surface area contributed by atoms with Crippen LogP contribution in [-0.4, -0.2) is 61.0 Å². The number of nitrogens with zero attached hydrogens (tertiary/aromatic N) is 2. The fraction of sp³-hybridized carbons (Fsp3) is 0.476. The molecule has 2 fully saturated rings. The Kier molecular flexibility index (Phi) is 4.92. The van der Waals surface area contributed by atoms with E-state index in [1.54, 1.807) is 6.07 Å². The number of amides is 1. The van der Waals surface area contributed by atoms with Crippen LogP contribution in [0.15, 0.2) is 36.4 Å². The fourth-order valence-electron chi connectivity index (χ4n) is 4.31. The summed E-state index contributed by atoms with van der Waals surface area (Å²) in [6.45, 7) is 4.30. The van der Waals surface area contributed by atoms with Crippen LogP contribution >= 0.6 is 0 Å². The molecule has 0 bridgehead atoms. The number of hydrogen-bond donors (Lipinski definition) is 1. The number of likely N-dealkylation sites (tertiary alicyclic amines) is 2. The molecule has 4 nitrogen and oxygen atoms in total. The van der Waals surface area contributed by atoms with Gasteiger partial charge < -0.3 is 10.2 Å². The number of nitrogens with one attached hydrogen (secondary N) is 1. The average Bonchev–Trinajstić information content (AvgIpc) is 3.10. The van der Waals surface area contributed by atoms with Gasteiger partial charge in [-0.15, -0.1) is 0 Å². The molecule has 1 atom stereocenters. The molecule has 0 aromatic heterocycles. The molecule has 1 N–H and O–H groups in total. The molecular formula is C21H26FN3O. The molecule has 2 heterocycles. The standard InChI is InChI=1S/C21H26FN3O/c1-24-10-8-18(9-11-24)25-12-7-17(14-25)23-21(26)20-4-2-3-15-13-16(22)5-6-19(15)20/h2-6,13,17-18H,7-12,14H2,1H3,(H,23,26). The van der Waals surface area contributed by atoms with Crippen LogP contribution in [0.4, 0.5) is 4.39 Å². The number of piperidine rings is 1. The van der Waals surface area contributed by atoms with E-state index in [1.165, 1.54) is 25.0 Å². The molecule has 2 aliphatic rings. The lowest BCUT2D eigenvalue weighted by Crippen LogP contribution is -2.44. The van der Waals surface area contributed by atoms with Crippen LogP contribution in [-0.2, 0) is 0 Å². The van der Waals surface area contributed by atoms with Gasteiger partial charge in [0.2, 0.25) is 0 Å². The van der Waals surface area contributed by atoms with Gasteiger partial charge in [0.25, 0.3) is 5.91 Å². The molecule has 0 spiro atoms. The quantitative estimate of drug-likeness (QED) is 0.920. The Labute approximate surface area is 154 Å². The lowest BCUT2D eigenvalue weighted by atomic mass is 10.0. The molecule has 0 radical (unpaired) electrons. The zero-order valence-corrected chi connectivity index (χ0v) is 15.2. The van der Waals surface area contributed by atoms with Crippen LogP contribution in [0.25, 0.3) is 10.8 Å². The van der Waals surface area contributed by atoms with Crippen LogP contribution in [0.5, 0.6) is 0 Å². The minimum atomic E-state index is -0.278. The molecule has 1 unspecified atom stereocenters. The summed E-state index contributed by atoms with van der Waals surface area (Å²) in [4.78, 5) is 17.7. The number of benzene rings is 2. The van der Waals surface area contributed by atoms with Crippen LogP contribution < -0.4 is 5.32 Å². The second kappa shape index (κ2) is 7.33. The Morgan fingerprint density at radius 2 is 1.92 bits per heavy atom. The number of fused-ring (bicyclic) bond motifs is 1. The third-order valence-electron chi connectivity index (χ3n) is 5.85. The van der Waals surface area contributed by atoms with Crippen molar-refractivity contribution in [1.82, 2.24) is 15.1 Å². The van der Waals surface area contributed by atoms with Crippen molar-refractivity contribution >= 4 is 16.7 Å². The first kappa shape index (κ1) is 17.4. The molecule has 4 rings (SSSR count). The van der Waals surface area contributed by atoms with Crippen molar-refractivity contribution in [3.8, 4) is 0 Å². The Hall–Kier alpha value is -1.98. The monoisotopic (exact) mass is 355 g/mol. The molecule has 26 heavy (non-hydrogen) atoms. The summed E-state index contributed by atoms with van der Waals surface area (Å²) in [5.74, 6) is -0.336. The van der Waals surface area contributed by atoms with E-state index in [9.17, 15) is 9.18 Å². The molecule has 0 saturated carbocycles. The van der Waals surface area contributed by atoms with Crippen molar-refractivity contribution in [3.63, 3.8) is 0 Å². The van der Waals surface area contributed by atoms with Gasteiger partial charge in [-0.2, -0.15) is 0 Å². The lowest BCUT2D eigenvalue weighted by molar-refractivity contribution is 0.0933. The molecule has 2 aromatic rings. The largest absolute Gasteiger partial charge is 0.348 e. The second-order valence-electron chi connectivity index (χ2n) is 7.66. The Bertz CT molecular complexity index is 801. The highest BCUT2D eigenvalue weighted by atomic mass is 19.1. The summed E-state index contributed by atoms with van der Waals surface area (Å²) >= 11 is 0. The molecule has 138 valence electrons. The Morgan fingerprint density at radius 3 is 2.73 bits per heavy atom. The van der Waals surface area contributed by atoms with E-state index in [0.717, 1.165) is 43.4 Å². The molecule has 2 saturated heterocycles. The molecule has 2 aromatic carbocycles. The van der Waals surface area contributed by atoms with E-state index in [1.807, 2.05) is 18.2 Å². The third-order valence-corrected chi connectivity index (χ3v) is 5.85. The van der Waals surface area contributed by atoms with E-state index in [4.69, 9.17) is 0 Å². The fourth-order valence-corrected chi connectivity index (χ4v) is 4.31. The van der Waals surface area contributed by atoms with E-state index >= 15 is 0 Å². The van der Waals surface area contributed by atoms with Gasteiger partial charge in [-0.1, -0.05) is 18.2 Å². The highest BCUT2D eigenvalue weighted by molar-refractivity contribution is 6.07. The van der Waals surface area contributed by atoms with E-state index < -0.39 is 0 Å². The average molecular weight is 355 g/mol. The van der Waals surface area contributed by atoms with Crippen molar-refractivity contribution in [2.45, 2.75) is 31.3 Å². The van der Waals surface area contributed by atoms with Crippen molar-refractivity contribution < 1.29 is 9.18 Å². The summed E-state index contributed by atoms with van der Waals surface area (Å²) in [7, 11) is 2.18. The Morgan fingerprint density at radius 1 is 1.12 bits per heavy atom. The number of halogens is 1. The summed E-state index contributed by atoms with van der Waals surface area (Å²) in [6.07, 6.45) is 3.43. The minimum Gasteiger partial charge on any atom is -0.348 e. The number of carbonyl (C=O) groups is 1. The first-order chi connectivity index (χ1) is 12.6. The summed E-state index contributed by atoms with van der Waals surface area (Å²) in [6, 6.07) is 10.9. The molecular weight excluding hydrogens is 329 g/mol. The van der Waals surface area contributed by atoms with Crippen molar-refractivity contribution in [2.75, 3.05) is 33.2 Å². The normalized spacial score (nSPS) is 22.8. The highest BCUT2D eigenvalue weighted by Crippen LogP contribution is 2.23. The van der Waals surface area contributed by atoms with Crippen LogP contribution in [0.2, 0.25) is 0 Å². The zero-order chi connectivity index (χ0) is 18.1. The van der Waals surface area contributed by atoms with E-state index in [-0.39, 0.29) is 17.8 Å². The van der Waals surface area contributed by atoms with Gasteiger partial charge in [0, 0.05) is 30.7 Å². The van der Waals surface area contributed by atoms with Gasteiger partial charge in [0.1, 0.15) is 5.82 Å². The van der Waals surface area contributed by atoms with Gasteiger partial charge in [-0.05, 0) is 68.4 Å².